The first-order valence-corrected chi connectivity index (χ1v) is 8.33. The van der Waals surface area contributed by atoms with Crippen LogP contribution in [-0.2, 0) is 11.2 Å². The van der Waals surface area contributed by atoms with Gasteiger partial charge in [-0.05, 0) is 24.4 Å². The Labute approximate surface area is 146 Å². The van der Waals surface area contributed by atoms with Gasteiger partial charge in [0.1, 0.15) is 0 Å². The number of anilines is 1. The zero-order valence-electron chi connectivity index (χ0n) is 13.3. The number of carbonyl (C=O) groups is 1. The maximum atomic E-state index is 12.1. The fraction of sp³-hybridized carbons (Fsp3) is 0.188. The van der Waals surface area contributed by atoms with Gasteiger partial charge in [-0.2, -0.15) is 4.98 Å². The van der Waals surface area contributed by atoms with Crippen LogP contribution in [-0.4, -0.2) is 21.0 Å². The molecule has 0 unspecified atom stereocenters. The Morgan fingerprint density at radius 2 is 2.20 bits per heavy atom. The van der Waals surface area contributed by atoms with Crippen molar-refractivity contribution in [3.8, 4) is 10.7 Å². The van der Waals surface area contributed by atoms with Crippen molar-refractivity contribution in [2.75, 3.05) is 5.32 Å². The molecule has 2 heterocycles. The standard InChI is InChI=1S/C16H14N4O4S/c1-10-11(4-2-5-12(10)20(22)23)17-14(21)7-8-15-18-16(19-24-15)13-6-3-9-25-13/h2-6,9H,7-8H2,1H3,(H,17,21). The number of aromatic nitrogens is 2. The summed E-state index contributed by atoms with van der Waals surface area (Å²) in [6.07, 6.45) is 0.423. The van der Waals surface area contributed by atoms with Crippen LogP contribution in [0.2, 0.25) is 0 Å². The third kappa shape index (κ3) is 3.89. The van der Waals surface area contributed by atoms with E-state index >= 15 is 0 Å². The molecule has 128 valence electrons. The largest absolute Gasteiger partial charge is 0.339 e. The summed E-state index contributed by atoms with van der Waals surface area (Å²) in [5.41, 5.74) is 0.804. The zero-order valence-corrected chi connectivity index (χ0v) is 14.1. The van der Waals surface area contributed by atoms with E-state index in [1.807, 2.05) is 17.5 Å². The Hall–Kier alpha value is -3.07. The van der Waals surface area contributed by atoms with Gasteiger partial charge in [-0.25, -0.2) is 0 Å². The summed E-state index contributed by atoms with van der Waals surface area (Å²) in [6.45, 7) is 1.60. The lowest BCUT2D eigenvalue weighted by Crippen LogP contribution is -2.13. The van der Waals surface area contributed by atoms with Gasteiger partial charge >= 0.3 is 0 Å². The second-order valence-electron chi connectivity index (χ2n) is 5.24. The maximum absolute atomic E-state index is 12.1. The molecule has 0 spiro atoms. The average Bonchev–Trinajstić information content (AvgIpc) is 3.25. The second-order valence-corrected chi connectivity index (χ2v) is 6.19. The highest BCUT2D eigenvalue weighted by atomic mass is 32.1. The Morgan fingerprint density at radius 1 is 1.36 bits per heavy atom. The molecule has 8 nitrogen and oxygen atoms in total. The molecule has 0 aliphatic rings. The molecule has 0 saturated heterocycles. The van der Waals surface area contributed by atoms with Crippen molar-refractivity contribution >= 4 is 28.6 Å². The van der Waals surface area contributed by atoms with Gasteiger partial charge in [0.2, 0.25) is 17.6 Å². The van der Waals surface area contributed by atoms with Gasteiger partial charge in [-0.1, -0.05) is 17.3 Å². The maximum Gasteiger partial charge on any atom is 0.274 e. The molecule has 9 heteroatoms. The number of carbonyl (C=O) groups excluding carboxylic acids is 1. The number of nitrogens with zero attached hydrogens (tertiary/aromatic N) is 3. The quantitative estimate of drug-likeness (QED) is 0.532. The summed E-state index contributed by atoms with van der Waals surface area (Å²) in [5.74, 6) is 0.591. The van der Waals surface area contributed by atoms with Crippen LogP contribution in [0.3, 0.4) is 0 Å². The molecule has 0 atom stereocenters. The zero-order chi connectivity index (χ0) is 17.8. The van der Waals surface area contributed by atoms with Gasteiger partial charge in [-0.15, -0.1) is 11.3 Å². The summed E-state index contributed by atoms with van der Waals surface area (Å²) < 4.78 is 5.14. The molecule has 0 aliphatic carbocycles. The van der Waals surface area contributed by atoms with Gasteiger partial charge in [0.15, 0.2) is 0 Å². The monoisotopic (exact) mass is 358 g/mol. The normalized spacial score (nSPS) is 10.6. The number of nitro groups is 1. The highest BCUT2D eigenvalue weighted by Crippen LogP contribution is 2.25. The molecular weight excluding hydrogens is 344 g/mol. The predicted octanol–water partition coefficient (Wildman–Crippen LogP) is 3.59. The van der Waals surface area contributed by atoms with E-state index in [1.54, 1.807) is 13.0 Å². The van der Waals surface area contributed by atoms with Gasteiger partial charge in [0, 0.05) is 18.9 Å². The molecule has 1 amide bonds. The van der Waals surface area contributed by atoms with Crippen molar-refractivity contribution in [3.63, 3.8) is 0 Å². The summed E-state index contributed by atoms with van der Waals surface area (Å²) in [5, 5.41) is 19.4. The van der Waals surface area contributed by atoms with Gasteiger partial charge in [0.25, 0.3) is 5.69 Å². The minimum absolute atomic E-state index is 0.0321. The van der Waals surface area contributed by atoms with Crippen LogP contribution >= 0.6 is 11.3 Å². The Balaban J connectivity index is 1.60. The van der Waals surface area contributed by atoms with Crippen LogP contribution in [0.4, 0.5) is 11.4 Å². The average molecular weight is 358 g/mol. The number of hydrogen-bond acceptors (Lipinski definition) is 7. The number of amides is 1. The summed E-state index contributed by atoms with van der Waals surface area (Å²) >= 11 is 1.50. The Kier molecular flexibility index (Phi) is 4.85. The van der Waals surface area contributed by atoms with Crippen LogP contribution in [0.5, 0.6) is 0 Å². The van der Waals surface area contributed by atoms with Crippen molar-refractivity contribution in [2.45, 2.75) is 19.8 Å². The minimum atomic E-state index is -0.477. The molecule has 0 aliphatic heterocycles. The molecule has 3 rings (SSSR count). The summed E-state index contributed by atoms with van der Waals surface area (Å²) in [6, 6.07) is 8.34. The van der Waals surface area contributed by atoms with Crippen LogP contribution in [0.25, 0.3) is 10.7 Å². The number of rotatable bonds is 6. The van der Waals surface area contributed by atoms with Gasteiger partial charge < -0.3 is 9.84 Å². The molecular formula is C16H14N4O4S. The first-order chi connectivity index (χ1) is 12.0. The molecule has 3 aromatic rings. The van der Waals surface area contributed by atoms with Crippen LogP contribution < -0.4 is 5.32 Å². The molecule has 25 heavy (non-hydrogen) atoms. The van der Waals surface area contributed by atoms with E-state index in [4.69, 9.17) is 4.52 Å². The highest BCUT2D eigenvalue weighted by molar-refractivity contribution is 7.13. The first-order valence-electron chi connectivity index (χ1n) is 7.45. The van der Waals surface area contributed by atoms with E-state index in [1.165, 1.54) is 23.5 Å². The minimum Gasteiger partial charge on any atom is -0.339 e. The van der Waals surface area contributed by atoms with Crippen molar-refractivity contribution in [1.29, 1.82) is 0 Å². The van der Waals surface area contributed by atoms with E-state index < -0.39 is 4.92 Å². The third-order valence-corrected chi connectivity index (χ3v) is 4.42. The Morgan fingerprint density at radius 3 is 2.92 bits per heavy atom. The summed E-state index contributed by atoms with van der Waals surface area (Å²) in [7, 11) is 0. The SMILES string of the molecule is Cc1c(NC(=O)CCc2nc(-c3cccs3)no2)cccc1[N+](=O)[O-]. The fourth-order valence-electron chi connectivity index (χ4n) is 2.25. The molecule has 1 N–H and O–H groups in total. The Bertz CT molecular complexity index is 905. The topological polar surface area (TPSA) is 111 Å². The van der Waals surface area contributed by atoms with Crippen molar-refractivity contribution in [1.82, 2.24) is 10.1 Å². The number of benzene rings is 1. The van der Waals surface area contributed by atoms with Crippen molar-refractivity contribution < 1.29 is 14.2 Å². The van der Waals surface area contributed by atoms with Crippen molar-refractivity contribution in [3.05, 3.63) is 57.3 Å². The number of hydrogen-bond donors (Lipinski definition) is 1. The number of nitro benzene ring substituents is 1. The van der Waals surface area contributed by atoms with E-state index in [2.05, 4.69) is 15.5 Å². The van der Waals surface area contributed by atoms with Crippen molar-refractivity contribution in [2.24, 2.45) is 0 Å². The first kappa shape index (κ1) is 16.8. The molecule has 1 aromatic carbocycles. The lowest BCUT2D eigenvalue weighted by molar-refractivity contribution is -0.385. The number of aryl methyl sites for hydroxylation is 1. The lowest BCUT2D eigenvalue weighted by atomic mass is 10.1. The van der Waals surface area contributed by atoms with Crippen LogP contribution in [0.1, 0.15) is 17.9 Å². The molecule has 2 aromatic heterocycles. The van der Waals surface area contributed by atoms with E-state index in [9.17, 15) is 14.9 Å². The van der Waals surface area contributed by atoms with Gasteiger partial charge in [0.05, 0.1) is 21.1 Å². The molecule has 0 fully saturated rings. The third-order valence-electron chi connectivity index (χ3n) is 3.55. The highest BCUT2D eigenvalue weighted by Gasteiger charge is 2.16. The van der Waals surface area contributed by atoms with Crippen LogP contribution in [0.15, 0.2) is 40.2 Å². The smallest absolute Gasteiger partial charge is 0.274 e. The predicted molar refractivity (Wildman–Crippen MR) is 92.4 cm³/mol. The van der Waals surface area contributed by atoms with Gasteiger partial charge in [-0.3, -0.25) is 14.9 Å². The molecule has 0 radical (unpaired) electrons. The van der Waals surface area contributed by atoms with E-state index in [0.717, 1.165) is 4.88 Å². The number of nitrogens with one attached hydrogen (secondary N) is 1. The fourth-order valence-corrected chi connectivity index (χ4v) is 2.90. The van der Waals surface area contributed by atoms with E-state index in [-0.39, 0.29) is 24.4 Å². The summed E-state index contributed by atoms with van der Waals surface area (Å²) in [4.78, 5) is 27.7. The van der Waals surface area contributed by atoms with Crippen LogP contribution in [0, 0.1) is 17.0 Å². The van der Waals surface area contributed by atoms with E-state index in [0.29, 0.717) is 23.0 Å². The second kappa shape index (κ2) is 7.22. The number of thiophene rings is 1. The molecule has 0 bridgehead atoms. The lowest BCUT2D eigenvalue weighted by Gasteiger charge is -2.07. The molecule has 0 saturated carbocycles.